The third-order valence-corrected chi connectivity index (χ3v) is 5.58. The lowest BCUT2D eigenvalue weighted by atomic mass is 9.84. The van der Waals surface area contributed by atoms with Crippen LogP contribution in [0.25, 0.3) is 0 Å². The highest BCUT2D eigenvalue weighted by molar-refractivity contribution is 6.04. The Hall–Kier alpha value is -3.15. The monoisotopic (exact) mass is 400 g/mol. The van der Waals surface area contributed by atoms with Gasteiger partial charge in [0.15, 0.2) is 0 Å². The van der Waals surface area contributed by atoms with Gasteiger partial charge in [0.1, 0.15) is 11.8 Å². The largest absolute Gasteiger partial charge is 0.363 e. The lowest BCUT2D eigenvalue weighted by Gasteiger charge is -2.33. The summed E-state index contributed by atoms with van der Waals surface area (Å²) in [5.74, 6) is -0.0831. The van der Waals surface area contributed by atoms with E-state index in [-0.39, 0.29) is 18.1 Å². The van der Waals surface area contributed by atoms with Crippen LogP contribution in [0, 0.1) is 5.92 Å². The summed E-state index contributed by atoms with van der Waals surface area (Å²) in [6, 6.07) is 30.5. The molecule has 5 heteroatoms. The summed E-state index contributed by atoms with van der Waals surface area (Å²) >= 11 is 0. The Morgan fingerprint density at radius 3 is 2.17 bits per heavy atom. The number of hydrogen-bond acceptors (Lipinski definition) is 5. The molecule has 5 rings (SSSR count). The Balaban J connectivity index is 1.62. The minimum Gasteiger partial charge on any atom is -0.363 e. The number of rotatable bonds is 5. The molecule has 5 nitrogen and oxygen atoms in total. The average molecular weight is 400 g/mol. The molecule has 3 aromatic carbocycles. The van der Waals surface area contributed by atoms with Crippen LogP contribution in [0.15, 0.2) is 96.2 Å². The summed E-state index contributed by atoms with van der Waals surface area (Å²) in [6.07, 6.45) is -0.783. The van der Waals surface area contributed by atoms with Crippen LogP contribution in [0.1, 0.15) is 24.1 Å². The zero-order valence-electron chi connectivity index (χ0n) is 16.8. The quantitative estimate of drug-likeness (QED) is 0.607. The van der Waals surface area contributed by atoms with E-state index in [9.17, 15) is 0 Å². The predicted molar refractivity (Wildman–Crippen MR) is 116 cm³/mol. The molecule has 0 unspecified atom stereocenters. The number of ether oxygens (including phenoxy) is 1. The second-order valence-electron chi connectivity index (χ2n) is 7.39. The molecule has 0 spiro atoms. The minimum atomic E-state index is -0.494. The number of oxime groups is 1. The standard InChI is InChI=1S/C25H24N2O3/c1-2-28-25-21-23(19-14-8-4-9-15-19)27(20-16-10-5-11-17-20)30-24(21)22(26-29-25)18-12-6-3-7-13-18/h3-17,21,23-25H,2H2,1H3/t21-,23-,24+,25-/m1/s1. The molecule has 0 amide bonds. The van der Waals surface area contributed by atoms with E-state index in [0.29, 0.717) is 6.61 Å². The maximum Gasteiger partial charge on any atom is 0.235 e. The molecule has 0 aliphatic carbocycles. The van der Waals surface area contributed by atoms with E-state index in [4.69, 9.17) is 14.4 Å². The van der Waals surface area contributed by atoms with E-state index in [2.05, 4.69) is 41.6 Å². The SMILES string of the molecule is CCO[C@@H]1ON=C(c2ccccc2)[C@H]2ON(c3ccccc3)[C@H](c3ccccc3)[C@@H]12. The zero-order valence-corrected chi connectivity index (χ0v) is 16.8. The summed E-state index contributed by atoms with van der Waals surface area (Å²) in [4.78, 5) is 12.5. The van der Waals surface area contributed by atoms with Gasteiger partial charge in [-0.15, -0.1) is 0 Å². The van der Waals surface area contributed by atoms with Gasteiger partial charge in [-0.05, 0) is 24.6 Å². The molecule has 30 heavy (non-hydrogen) atoms. The van der Waals surface area contributed by atoms with E-state index in [0.717, 1.165) is 22.5 Å². The van der Waals surface area contributed by atoms with E-state index in [1.807, 2.05) is 66.6 Å². The van der Waals surface area contributed by atoms with Crippen LogP contribution < -0.4 is 5.06 Å². The van der Waals surface area contributed by atoms with Crippen LogP contribution in [-0.4, -0.2) is 24.7 Å². The third kappa shape index (κ3) is 3.36. The average Bonchev–Trinajstić information content (AvgIpc) is 3.22. The van der Waals surface area contributed by atoms with Gasteiger partial charge in [0.2, 0.25) is 6.29 Å². The minimum absolute atomic E-state index is 0.0793. The van der Waals surface area contributed by atoms with E-state index in [1.165, 1.54) is 0 Å². The first kappa shape index (κ1) is 18.9. The van der Waals surface area contributed by atoms with Gasteiger partial charge in [-0.1, -0.05) is 84.0 Å². The van der Waals surface area contributed by atoms with Crippen LogP contribution in [0.4, 0.5) is 5.69 Å². The van der Waals surface area contributed by atoms with Crippen molar-refractivity contribution in [1.82, 2.24) is 0 Å². The molecule has 0 aromatic heterocycles. The van der Waals surface area contributed by atoms with Gasteiger partial charge in [0.25, 0.3) is 0 Å². The van der Waals surface area contributed by atoms with Crippen molar-refractivity contribution < 1.29 is 14.4 Å². The Bertz CT molecular complexity index is 995. The van der Waals surface area contributed by atoms with Gasteiger partial charge < -0.3 is 9.57 Å². The van der Waals surface area contributed by atoms with Gasteiger partial charge >= 0.3 is 0 Å². The molecule has 0 saturated carbocycles. The molecule has 0 N–H and O–H groups in total. The predicted octanol–water partition coefficient (Wildman–Crippen LogP) is 4.96. The van der Waals surface area contributed by atoms with Crippen molar-refractivity contribution in [3.05, 3.63) is 102 Å². The maximum absolute atomic E-state index is 6.60. The molecule has 2 aliphatic heterocycles. The van der Waals surface area contributed by atoms with Crippen molar-refractivity contribution >= 4 is 11.4 Å². The Labute approximate surface area is 176 Å². The van der Waals surface area contributed by atoms with Crippen molar-refractivity contribution in [3.63, 3.8) is 0 Å². The molecule has 2 heterocycles. The van der Waals surface area contributed by atoms with E-state index >= 15 is 0 Å². The van der Waals surface area contributed by atoms with Crippen molar-refractivity contribution in [3.8, 4) is 0 Å². The van der Waals surface area contributed by atoms with Crippen molar-refractivity contribution in [2.24, 2.45) is 11.1 Å². The number of hydroxylamine groups is 1. The molecule has 4 atom stereocenters. The van der Waals surface area contributed by atoms with Crippen molar-refractivity contribution in [2.45, 2.75) is 25.4 Å². The number of anilines is 1. The number of benzene rings is 3. The van der Waals surface area contributed by atoms with Crippen molar-refractivity contribution in [1.29, 1.82) is 0 Å². The highest BCUT2D eigenvalue weighted by Gasteiger charge is 2.54. The number of hydrogen-bond donors (Lipinski definition) is 0. The van der Waals surface area contributed by atoms with Gasteiger partial charge in [-0.3, -0.25) is 4.84 Å². The zero-order chi connectivity index (χ0) is 20.3. The lowest BCUT2D eigenvalue weighted by Crippen LogP contribution is -2.43. The Kier molecular flexibility index (Phi) is 5.22. The fraction of sp³-hybridized carbons (Fsp3) is 0.240. The highest BCUT2D eigenvalue weighted by Crippen LogP contribution is 2.47. The first-order chi connectivity index (χ1) is 14.9. The second kappa shape index (κ2) is 8.30. The molecule has 2 aliphatic rings. The molecule has 1 fully saturated rings. The van der Waals surface area contributed by atoms with Crippen LogP contribution in [-0.2, 0) is 14.4 Å². The Morgan fingerprint density at radius 2 is 1.50 bits per heavy atom. The first-order valence-electron chi connectivity index (χ1n) is 10.3. The Morgan fingerprint density at radius 1 is 0.867 bits per heavy atom. The van der Waals surface area contributed by atoms with Crippen LogP contribution in [0.2, 0.25) is 0 Å². The molecule has 152 valence electrons. The summed E-state index contributed by atoms with van der Waals surface area (Å²) in [6.45, 7) is 2.51. The van der Waals surface area contributed by atoms with Gasteiger partial charge in [0.05, 0.1) is 17.6 Å². The second-order valence-corrected chi connectivity index (χ2v) is 7.39. The smallest absolute Gasteiger partial charge is 0.235 e. The van der Waals surface area contributed by atoms with E-state index < -0.39 is 6.29 Å². The molecular formula is C25H24N2O3. The van der Waals surface area contributed by atoms with Crippen molar-refractivity contribution in [2.75, 3.05) is 11.7 Å². The fourth-order valence-electron chi connectivity index (χ4n) is 4.27. The van der Waals surface area contributed by atoms with Crippen LogP contribution in [0.3, 0.4) is 0 Å². The maximum atomic E-state index is 6.60. The topological polar surface area (TPSA) is 43.3 Å². The van der Waals surface area contributed by atoms with Crippen LogP contribution >= 0.6 is 0 Å². The summed E-state index contributed by atoms with van der Waals surface area (Å²) in [7, 11) is 0. The molecule has 0 radical (unpaired) electrons. The van der Waals surface area contributed by atoms with Gasteiger partial charge in [0, 0.05) is 12.2 Å². The lowest BCUT2D eigenvalue weighted by molar-refractivity contribution is -0.185. The number of nitrogens with zero attached hydrogens (tertiary/aromatic N) is 2. The molecule has 0 bridgehead atoms. The third-order valence-electron chi connectivity index (χ3n) is 5.58. The number of fused-ring (bicyclic) bond motifs is 1. The number of para-hydroxylation sites is 1. The van der Waals surface area contributed by atoms with E-state index in [1.54, 1.807) is 0 Å². The highest BCUT2D eigenvalue weighted by atomic mass is 16.8. The first-order valence-corrected chi connectivity index (χ1v) is 10.3. The van der Waals surface area contributed by atoms with Crippen LogP contribution in [0.5, 0.6) is 0 Å². The molecular weight excluding hydrogens is 376 g/mol. The summed E-state index contributed by atoms with van der Waals surface area (Å²) < 4.78 is 5.98. The summed E-state index contributed by atoms with van der Waals surface area (Å²) in [5, 5.41) is 6.43. The van der Waals surface area contributed by atoms with Gasteiger partial charge in [-0.2, -0.15) is 0 Å². The normalized spacial score (nSPS) is 25.4. The summed E-state index contributed by atoms with van der Waals surface area (Å²) in [5.41, 5.74) is 3.92. The van der Waals surface area contributed by atoms with Gasteiger partial charge in [-0.25, -0.2) is 5.06 Å². The molecule has 1 saturated heterocycles. The fourth-order valence-corrected chi connectivity index (χ4v) is 4.27. The molecule has 3 aromatic rings.